The van der Waals surface area contributed by atoms with E-state index in [1.807, 2.05) is 0 Å². The summed E-state index contributed by atoms with van der Waals surface area (Å²) in [4.78, 5) is 40.5. The lowest BCUT2D eigenvalue weighted by Gasteiger charge is -2.31. The first-order chi connectivity index (χ1) is 18.5. The molecule has 3 aliphatic heterocycles. The van der Waals surface area contributed by atoms with Crippen LogP contribution >= 0.6 is 0 Å². The summed E-state index contributed by atoms with van der Waals surface area (Å²) in [5.41, 5.74) is 1.15. The number of amides is 3. The van der Waals surface area contributed by atoms with Gasteiger partial charge in [-0.05, 0) is 36.1 Å². The topological polar surface area (TPSA) is 88.2 Å². The van der Waals surface area contributed by atoms with E-state index in [2.05, 4.69) is 11.9 Å². The van der Waals surface area contributed by atoms with Gasteiger partial charge in [0.15, 0.2) is 0 Å². The van der Waals surface area contributed by atoms with Crippen LogP contribution in [0.25, 0.3) is 0 Å². The molecular formula is C26H27N3O5. The maximum Gasteiger partial charge on any atom is 0.255 e. The van der Waals surface area contributed by atoms with E-state index in [0.29, 0.717) is 29.7 Å². The monoisotopic (exact) mass is 466 g/mol. The molecule has 0 bridgehead atoms. The van der Waals surface area contributed by atoms with Gasteiger partial charge in [0.05, 0.1) is 20.0 Å². The first-order valence-electron chi connectivity index (χ1n) is 13.6. The second-order valence-electron chi connectivity index (χ2n) is 8.29. The second kappa shape index (κ2) is 9.30. The van der Waals surface area contributed by atoms with Crippen LogP contribution in [0.2, 0.25) is 0 Å². The summed E-state index contributed by atoms with van der Waals surface area (Å²) in [7, 11) is 0. The van der Waals surface area contributed by atoms with E-state index in [1.54, 1.807) is 12.1 Å². The van der Waals surface area contributed by atoms with Crippen LogP contribution in [0.15, 0.2) is 54.7 Å². The lowest BCUT2D eigenvalue weighted by atomic mass is 10.0. The van der Waals surface area contributed by atoms with Gasteiger partial charge >= 0.3 is 0 Å². The van der Waals surface area contributed by atoms with Crippen LogP contribution < -0.4 is 10.1 Å². The van der Waals surface area contributed by atoms with Gasteiger partial charge in [0.2, 0.25) is 11.8 Å². The molecule has 2 unspecified atom stereocenters. The molecule has 2 aromatic rings. The van der Waals surface area contributed by atoms with Crippen LogP contribution in [0.1, 0.15) is 46.7 Å². The Labute approximate surface area is 205 Å². The fourth-order valence-corrected chi connectivity index (χ4v) is 4.21. The van der Waals surface area contributed by atoms with Gasteiger partial charge in [-0.1, -0.05) is 36.9 Å². The number of nitrogens with one attached hydrogen (secondary N) is 1. The van der Waals surface area contributed by atoms with Crippen molar-refractivity contribution in [3.05, 3.63) is 76.9 Å². The molecule has 1 N–H and O–H groups in total. The molecule has 176 valence electrons. The van der Waals surface area contributed by atoms with Gasteiger partial charge in [0.1, 0.15) is 25.0 Å². The number of carbonyl (C=O) groups excluding carboxylic acids is 3. The van der Waals surface area contributed by atoms with E-state index in [4.69, 9.17) is 16.3 Å². The van der Waals surface area contributed by atoms with E-state index >= 15 is 0 Å². The lowest BCUT2D eigenvalue weighted by Crippen LogP contribution is -2.49. The van der Waals surface area contributed by atoms with E-state index in [9.17, 15) is 14.4 Å². The van der Waals surface area contributed by atoms with Crippen LogP contribution in [-0.4, -0.2) is 53.3 Å². The number of fused-ring (bicyclic) bond motifs is 1. The first kappa shape index (κ1) is 16.9. The Bertz CT molecular complexity index is 1360. The number of piperidine rings is 1. The first-order valence-corrected chi connectivity index (χ1v) is 11.0. The Morgan fingerprint density at radius 3 is 2.79 bits per heavy atom. The maximum absolute atomic E-state index is 13.1. The van der Waals surface area contributed by atoms with E-state index in [-0.39, 0.29) is 73.0 Å². The average molecular weight is 467 g/mol. The van der Waals surface area contributed by atoms with Crippen LogP contribution in [0, 0.1) is 0 Å². The molecule has 2 aromatic carbocycles. The van der Waals surface area contributed by atoms with Gasteiger partial charge in [0.25, 0.3) is 5.91 Å². The molecule has 0 saturated carbocycles. The smallest absolute Gasteiger partial charge is 0.255 e. The van der Waals surface area contributed by atoms with E-state index < -0.39 is 19.1 Å². The molecule has 0 radical (unpaired) electrons. The quantitative estimate of drug-likeness (QED) is 0.706. The fourth-order valence-electron chi connectivity index (χ4n) is 4.21. The highest BCUT2D eigenvalue weighted by molar-refractivity contribution is 6.02. The number of hydrogen-bond acceptors (Lipinski definition) is 5. The summed E-state index contributed by atoms with van der Waals surface area (Å²) in [5, 5.41) is 2.67. The van der Waals surface area contributed by atoms with Crippen LogP contribution in [0.5, 0.6) is 5.75 Å². The van der Waals surface area contributed by atoms with Crippen molar-refractivity contribution in [3.8, 4) is 5.75 Å². The van der Waals surface area contributed by atoms with Crippen molar-refractivity contribution < 1.29 is 30.7 Å². The average Bonchev–Trinajstić information content (AvgIpc) is 3.20. The summed E-state index contributed by atoms with van der Waals surface area (Å²) >= 11 is 0. The van der Waals surface area contributed by atoms with Crippen molar-refractivity contribution in [1.82, 2.24) is 15.1 Å². The third-order valence-corrected chi connectivity index (χ3v) is 6.01. The fraction of sp³-hybridized carbons (Fsp3) is 0.346. The number of rotatable bonds is 6. The standard InChI is InChI=1S/C26H27N3O5/c1-17-5-10-22(25(31)27-17)29-14-21-20(26(29)32)3-2-4-23(21)34-15-19-8-6-18(7-9-19)13-28-11-12-33-16-24(28)30/h2-4,6-9,22H,1,5,10-16H2,(H,27,31)/i8D,9D,13D,15D2. The molecular weight excluding hydrogens is 434 g/mol. The third-order valence-electron chi connectivity index (χ3n) is 6.01. The van der Waals surface area contributed by atoms with Gasteiger partial charge in [-0.15, -0.1) is 0 Å². The van der Waals surface area contributed by atoms with Crippen LogP contribution in [0.3, 0.4) is 0 Å². The number of benzene rings is 2. The molecule has 2 saturated heterocycles. The Hall–Kier alpha value is -3.65. The Balaban J connectivity index is 1.40. The molecule has 8 nitrogen and oxygen atoms in total. The minimum absolute atomic E-state index is 0.0412. The summed E-state index contributed by atoms with van der Waals surface area (Å²) in [6.07, 6.45) is 0.959. The Morgan fingerprint density at radius 1 is 1.21 bits per heavy atom. The molecule has 3 amide bonds. The van der Waals surface area contributed by atoms with Gasteiger partial charge in [-0.3, -0.25) is 14.4 Å². The third kappa shape index (κ3) is 4.41. The molecule has 3 aliphatic rings. The zero-order valence-electron chi connectivity index (χ0n) is 23.4. The molecule has 0 aromatic heterocycles. The number of carbonyl (C=O) groups is 3. The summed E-state index contributed by atoms with van der Waals surface area (Å²) < 4.78 is 53.4. The maximum atomic E-state index is 13.1. The van der Waals surface area contributed by atoms with Crippen molar-refractivity contribution in [2.24, 2.45) is 0 Å². The van der Waals surface area contributed by atoms with Crippen molar-refractivity contribution in [2.45, 2.75) is 38.5 Å². The summed E-state index contributed by atoms with van der Waals surface area (Å²) in [5.74, 6) is -1.00. The predicted molar refractivity (Wildman–Crippen MR) is 124 cm³/mol. The van der Waals surface area contributed by atoms with Crippen molar-refractivity contribution in [1.29, 1.82) is 0 Å². The van der Waals surface area contributed by atoms with Gasteiger partial charge in [0, 0.05) is 29.9 Å². The molecule has 2 fully saturated rings. The van der Waals surface area contributed by atoms with Gasteiger partial charge in [-0.2, -0.15) is 0 Å². The van der Waals surface area contributed by atoms with Crippen molar-refractivity contribution in [3.63, 3.8) is 0 Å². The van der Waals surface area contributed by atoms with Crippen molar-refractivity contribution >= 4 is 17.7 Å². The number of nitrogens with zero attached hydrogens (tertiary/aromatic N) is 2. The van der Waals surface area contributed by atoms with Crippen LogP contribution in [0.4, 0.5) is 0 Å². The molecule has 0 aliphatic carbocycles. The molecule has 3 heterocycles. The van der Waals surface area contributed by atoms with Gasteiger partial charge < -0.3 is 24.6 Å². The summed E-state index contributed by atoms with van der Waals surface area (Å²) in [6, 6.07) is 5.74. The largest absolute Gasteiger partial charge is 0.489 e. The number of morpholine rings is 1. The Morgan fingerprint density at radius 2 is 2.03 bits per heavy atom. The number of ether oxygens (including phenoxy) is 2. The van der Waals surface area contributed by atoms with Gasteiger partial charge in [-0.25, -0.2) is 0 Å². The predicted octanol–water partition coefficient (Wildman–Crippen LogP) is 2.37. The minimum atomic E-state index is -2.63. The van der Waals surface area contributed by atoms with Crippen LogP contribution in [-0.2, 0) is 34.0 Å². The summed E-state index contributed by atoms with van der Waals surface area (Å²) in [6.45, 7) is 0.334. The normalized spacial score (nSPS) is 23.9. The zero-order chi connectivity index (χ0) is 28.1. The number of allylic oxidation sites excluding steroid dienone is 1. The SMILES string of the molecule is [2H]c1cc(C([2H])N2CCOCC2=O)cc([2H])c1C([2H])([2H])Oc1cccc2c1CN(C1CCC(=C)NC1=O)C2=O. The highest BCUT2D eigenvalue weighted by Gasteiger charge is 2.39. The Kier molecular flexibility index (Phi) is 4.62. The minimum Gasteiger partial charge on any atom is -0.489 e. The molecule has 5 rings (SSSR count). The second-order valence-corrected chi connectivity index (χ2v) is 8.29. The number of hydrogen-bond donors (Lipinski definition) is 1. The highest BCUT2D eigenvalue weighted by Crippen LogP contribution is 2.34. The molecule has 8 heteroatoms. The van der Waals surface area contributed by atoms with E-state index in [0.717, 1.165) is 0 Å². The highest BCUT2D eigenvalue weighted by atomic mass is 16.5. The lowest BCUT2D eigenvalue weighted by molar-refractivity contribution is -0.143. The molecule has 34 heavy (non-hydrogen) atoms. The molecule has 0 spiro atoms. The van der Waals surface area contributed by atoms with Crippen molar-refractivity contribution in [2.75, 3.05) is 19.8 Å². The van der Waals surface area contributed by atoms with E-state index in [1.165, 1.54) is 28.0 Å². The zero-order valence-corrected chi connectivity index (χ0v) is 18.4. The molecule has 2 atom stereocenters.